The molecule has 1 unspecified atom stereocenters. The van der Waals surface area contributed by atoms with E-state index in [1.165, 1.54) is 42.7 Å². The molecule has 1 amide bonds. The molecule has 2 aliphatic heterocycles. The summed E-state index contributed by atoms with van der Waals surface area (Å²) in [6.07, 6.45) is 5.00. The Morgan fingerprint density at radius 2 is 1.89 bits per heavy atom. The van der Waals surface area contributed by atoms with Gasteiger partial charge in [-0.15, -0.1) is 11.3 Å². The van der Waals surface area contributed by atoms with Gasteiger partial charge in [0.25, 0.3) is 0 Å². The van der Waals surface area contributed by atoms with Crippen molar-refractivity contribution in [2.75, 3.05) is 33.2 Å². The van der Waals surface area contributed by atoms with Gasteiger partial charge in [-0.05, 0) is 63.2 Å². The number of amides is 1. The molecule has 0 aliphatic carbocycles. The summed E-state index contributed by atoms with van der Waals surface area (Å²) in [6.45, 7) is 5.85. The molecule has 2 fully saturated rings. The quantitative estimate of drug-likeness (QED) is 0.833. The molecular formula is C23H31N3OS. The van der Waals surface area contributed by atoms with Gasteiger partial charge >= 0.3 is 0 Å². The molecule has 2 saturated heterocycles. The van der Waals surface area contributed by atoms with E-state index in [0.717, 1.165) is 18.7 Å². The Labute approximate surface area is 172 Å². The fourth-order valence-corrected chi connectivity index (χ4v) is 5.58. The van der Waals surface area contributed by atoms with Crippen LogP contribution < -0.4 is 5.32 Å². The van der Waals surface area contributed by atoms with E-state index in [9.17, 15) is 4.79 Å². The topological polar surface area (TPSA) is 35.6 Å². The second-order valence-electron chi connectivity index (χ2n) is 8.45. The third-order valence-corrected chi connectivity index (χ3v) is 7.58. The molecule has 28 heavy (non-hydrogen) atoms. The number of nitrogens with zero attached hydrogens (tertiary/aromatic N) is 2. The number of benzene rings is 1. The van der Waals surface area contributed by atoms with Gasteiger partial charge in [-0.1, -0.05) is 35.9 Å². The van der Waals surface area contributed by atoms with Gasteiger partial charge in [-0.25, -0.2) is 0 Å². The average molecular weight is 398 g/mol. The highest BCUT2D eigenvalue weighted by atomic mass is 32.1. The van der Waals surface area contributed by atoms with Crippen molar-refractivity contribution in [3.63, 3.8) is 0 Å². The number of hydrogen-bond donors (Lipinski definition) is 1. The number of carbonyl (C=O) groups is 1. The average Bonchev–Trinajstić information content (AvgIpc) is 3.34. The molecule has 1 atom stereocenters. The number of thiophene rings is 1. The number of likely N-dealkylation sites (tertiary alicyclic amines) is 2. The fourth-order valence-electron chi connectivity index (χ4n) is 4.78. The van der Waals surface area contributed by atoms with Crippen LogP contribution in [0.5, 0.6) is 0 Å². The molecule has 0 bridgehead atoms. The predicted octanol–water partition coefficient (Wildman–Crippen LogP) is 3.82. The van der Waals surface area contributed by atoms with Crippen molar-refractivity contribution in [3.8, 4) is 0 Å². The van der Waals surface area contributed by atoms with E-state index in [-0.39, 0.29) is 11.9 Å². The van der Waals surface area contributed by atoms with Crippen molar-refractivity contribution in [1.29, 1.82) is 0 Å². The highest BCUT2D eigenvalue weighted by Crippen LogP contribution is 2.37. The first-order chi connectivity index (χ1) is 13.6. The van der Waals surface area contributed by atoms with E-state index in [1.54, 1.807) is 11.3 Å². The first-order valence-electron chi connectivity index (χ1n) is 10.4. The van der Waals surface area contributed by atoms with Crippen LogP contribution in [0.3, 0.4) is 0 Å². The van der Waals surface area contributed by atoms with E-state index in [0.29, 0.717) is 12.1 Å². The van der Waals surface area contributed by atoms with E-state index in [4.69, 9.17) is 0 Å². The molecule has 2 aliphatic rings. The Kier molecular flexibility index (Phi) is 5.85. The van der Waals surface area contributed by atoms with E-state index >= 15 is 0 Å². The lowest BCUT2D eigenvalue weighted by molar-refractivity contribution is -0.123. The Morgan fingerprint density at radius 1 is 1.14 bits per heavy atom. The third kappa shape index (κ3) is 4.17. The predicted molar refractivity (Wildman–Crippen MR) is 116 cm³/mol. The van der Waals surface area contributed by atoms with E-state index < -0.39 is 0 Å². The SMILES string of the molecule is Cc1ccc(C(NC(=O)CN2CCC3(CCCN3C)CC2)c2cccs2)cc1. The van der Waals surface area contributed by atoms with E-state index in [1.807, 2.05) is 0 Å². The maximum Gasteiger partial charge on any atom is 0.234 e. The van der Waals surface area contributed by atoms with Gasteiger partial charge in [-0.3, -0.25) is 9.69 Å². The Bertz CT molecular complexity index is 779. The minimum Gasteiger partial charge on any atom is -0.343 e. The number of piperidine rings is 1. The summed E-state index contributed by atoms with van der Waals surface area (Å²) in [5.41, 5.74) is 2.78. The van der Waals surface area contributed by atoms with Crippen LogP contribution in [0.15, 0.2) is 41.8 Å². The Hall–Kier alpha value is -1.69. The summed E-state index contributed by atoms with van der Waals surface area (Å²) in [7, 11) is 2.27. The largest absolute Gasteiger partial charge is 0.343 e. The van der Waals surface area contributed by atoms with Crippen LogP contribution in [-0.2, 0) is 4.79 Å². The summed E-state index contributed by atoms with van der Waals surface area (Å²) in [6, 6.07) is 12.6. The third-order valence-electron chi connectivity index (χ3n) is 6.64. The lowest BCUT2D eigenvalue weighted by Crippen LogP contribution is -2.52. The number of rotatable bonds is 5. The summed E-state index contributed by atoms with van der Waals surface area (Å²) in [4.78, 5) is 18.9. The fraction of sp³-hybridized carbons (Fsp3) is 0.522. The molecule has 0 radical (unpaired) electrons. The molecule has 150 valence electrons. The van der Waals surface area contributed by atoms with Crippen LogP contribution in [0.1, 0.15) is 47.7 Å². The van der Waals surface area contributed by atoms with Crippen molar-refractivity contribution < 1.29 is 4.79 Å². The first kappa shape index (κ1) is 19.6. The molecular weight excluding hydrogens is 366 g/mol. The van der Waals surface area contributed by atoms with Gasteiger partial charge in [-0.2, -0.15) is 0 Å². The monoisotopic (exact) mass is 397 g/mol. The molecule has 1 N–H and O–H groups in total. The second-order valence-corrected chi connectivity index (χ2v) is 9.43. The number of aryl methyl sites for hydroxylation is 1. The summed E-state index contributed by atoms with van der Waals surface area (Å²) in [5.74, 6) is 0.120. The highest BCUT2D eigenvalue weighted by molar-refractivity contribution is 7.10. The maximum absolute atomic E-state index is 12.9. The van der Waals surface area contributed by atoms with Crippen LogP contribution in [0.2, 0.25) is 0 Å². The van der Waals surface area contributed by atoms with E-state index in [2.05, 4.69) is 70.9 Å². The zero-order chi connectivity index (χ0) is 19.6. The van der Waals surface area contributed by atoms with Gasteiger partial charge in [0, 0.05) is 23.5 Å². The van der Waals surface area contributed by atoms with Crippen molar-refractivity contribution in [2.24, 2.45) is 0 Å². The van der Waals surface area contributed by atoms with Gasteiger partial charge in [0.15, 0.2) is 0 Å². The lowest BCUT2D eigenvalue weighted by Gasteiger charge is -2.43. The standard InChI is InChI=1S/C23H31N3OS/c1-18-6-8-19(9-7-18)22(20-5-3-16-28-20)24-21(27)17-26-14-11-23(12-15-26)10-4-13-25(23)2/h3,5-9,16,22H,4,10-15,17H2,1-2H3,(H,24,27). The molecule has 1 aromatic carbocycles. The highest BCUT2D eigenvalue weighted by Gasteiger charge is 2.41. The normalized spacial score (nSPS) is 21.1. The van der Waals surface area contributed by atoms with Crippen molar-refractivity contribution >= 4 is 17.2 Å². The van der Waals surface area contributed by atoms with Crippen LogP contribution >= 0.6 is 11.3 Å². The molecule has 5 heteroatoms. The Morgan fingerprint density at radius 3 is 2.50 bits per heavy atom. The zero-order valence-corrected chi connectivity index (χ0v) is 17.8. The number of carbonyl (C=O) groups excluding carboxylic acids is 1. The van der Waals surface area contributed by atoms with Gasteiger partial charge in [0.2, 0.25) is 5.91 Å². The van der Waals surface area contributed by atoms with Gasteiger partial charge < -0.3 is 10.2 Å². The van der Waals surface area contributed by atoms with Crippen LogP contribution in [0.4, 0.5) is 0 Å². The molecule has 3 heterocycles. The van der Waals surface area contributed by atoms with Crippen LogP contribution in [-0.4, -0.2) is 54.5 Å². The first-order valence-corrected chi connectivity index (χ1v) is 11.3. The molecule has 4 rings (SSSR count). The van der Waals surface area contributed by atoms with Gasteiger partial charge in [0.05, 0.1) is 12.6 Å². The number of hydrogen-bond acceptors (Lipinski definition) is 4. The van der Waals surface area contributed by atoms with Crippen LogP contribution in [0, 0.1) is 6.92 Å². The lowest BCUT2D eigenvalue weighted by atomic mass is 9.85. The molecule has 0 saturated carbocycles. The summed E-state index contributed by atoms with van der Waals surface area (Å²) in [5, 5.41) is 5.37. The second kappa shape index (κ2) is 8.36. The van der Waals surface area contributed by atoms with Crippen molar-refractivity contribution in [1.82, 2.24) is 15.1 Å². The molecule has 1 spiro atoms. The van der Waals surface area contributed by atoms with Crippen molar-refractivity contribution in [2.45, 2.75) is 44.2 Å². The zero-order valence-electron chi connectivity index (χ0n) is 17.0. The number of nitrogens with one attached hydrogen (secondary N) is 1. The molecule has 1 aromatic heterocycles. The minimum absolute atomic E-state index is 0.0646. The smallest absolute Gasteiger partial charge is 0.234 e. The maximum atomic E-state index is 12.9. The minimum atomic E-state index is -0.0646. The molecule has 4 nitrogen and oxygen atoms in total. The summed E-state index contributed by atoms with van der Waals surface area (Å²) >= 11 is 1.70. The van der Waals surface area contributed by atoms with Crippen molar-refractivity contribution in [3.05, 3.63) is 57.8 Å². The summed E-state index contributed by atoms with van der Waals surface area (Å²) < 4.78 is 0. The van der Waals surface area contributed by atoms with Crippen LogP contribution in [0.25, 0.3) is 0 Å². The van der Waals surface area contributed by atoms with Gasteiger partial charge in [0.1, 0.15) is 0 Å². The molecule has 2 aromatic rings. The Balaban J connectivity index is 1.38.